The van der Waals surface area contributed by atoms with E-state index in [-0.39, 0.29) is 17.9 Å². The van der Waals surface area contributed by atoms with E-state index in [0.29, 0.717) is 35.2 Å². The molecule has 1 fully saturated rings. The average molecular weight is 473 g/mol. The first-order valence-corrected chi connectivity index (χ1v) is 11.4. The molecule has 4 rings (SSSR count). The number of likely N-dealkylation sites (tertiary alicyclic amines) is 1. The van der Waals surface area contributed by atoms with Crippen molar-refractivity contribution >= 4 is 17.4 Å². The summed E-state index contributed by atoms with van der Waals surface area (Å²) in [7, 11) is 1.55. The van der Waals surface area contributed by atoms with Gasteiger partial charge in [-0.1, -0.05) is 38.1 Å². The number of aliphatic hydroxyl groups excluding tert-OH is 1. The number of aliphatic hydroxyl groups is 1. The van der Waals surface area contributed by atoms with E-state index in [9.17, 15) is 14.7 Å². The number of hydrogen-bond donors (Lipinski definition) is 1. The summed E-state index contributed by atoms with van der Waals surface area (Å²) < 4.78 is 11.2. The van der Waals surface area contributed by atoms with Crippen molar-refractivity contribution in [1.82, 2.24) is 9.88 Å². The van der Waals surface area contributed by atoms with Crippen molar-refractivity contribution in [3.8, 4) is 11.5 Å². The quantitative estimate of drug-likeness (QED) is 0.289. The van der Waals surface area contributed by atoms with Gasteiger partial charge in [-0.25, -0.2) is 0 Å². The smallest absolute Gasteiger partial charge is 0.295 e. The minimum absolute atomic E-state index is 0.0262. The highest BCUT2D eigenvalue weighted by Gasteiger charge is 2.46. The Morgan fingerprint density at radius 1 is 1.03 bits per heavy atom. The van der Waals surface area contributed by atoms with Crippen molar-refractivity contribution < 1.29 is 24.2 Å². The molecule has 0 saturated carbocycles. The van der Waals surface area contributed by atoms with Crippen LogP contribution in [-0.4, -0.2) is 40.4 Å². The van der Waals surface area contributed by atoms with Crippen molar-refractivity contribution in [1.29, 1.82) is 0 Å². The Morgan fingerprint density at radius 3 is 2.46 bits per heavy atom. The lowest BCUT2D eigenvalue weighted by Gasteiger charge is -2.25. The van der Waals surface area contributed by atoms with E-state index in [1.807, 2.05) is 19.9 Å². The van der Waals surface area contributed by atoms with Gasteiger partial charge < -0.3 is 19.5 Å². The van der Waals surface area contributed by atoms with E-state index in [0.717, 1.165) is 5.56 Å². The molecule has 1 unspecified atom stereocenters. The summed E-state index contributed by atoms with van der Waals surface area (Å²) in [6, 6.07) is 16.9. The predicted octanol–water partition coefficient (Wildman–Crippen LogP) is 4.75. The molecule has 1 saturated heterocycles. The van der Waals surface area contributed by atoms with Gasteiger partial charge in [-0.3, -0.25) is 14.6 Å². The number of nitrogens with zero attached hydrogens (tertiary/aromatic N) is 2. The van der Waals surface area contributed by atoms with Crippen LogP contribution >= 0.6 is 0 Å². The average Bonchev–Trinajstić information content (AvgIpc) is 3.12. The number of ketones is 1. The third-order valence-electron chi connectivity index (χ3n) is 5.74. The zero-order chi connectivity index (χ0) is 24.9. The van der Waals surface area contributed by atoms with Gasteiger partial charge in [0.25, 0.3) is 11.7 Å². The van der Waals surface area contributed by atoms with E-state index < -0.39 is 17.7 Å². The number of amides is 1. The molecule has 7 heteroatoms. The molecule has 1 atom stereocenters. The number of benzene rings is 2. The van der Waals surface area contributed by atoms with Crippen molar-refractivity contribution in [2.24, 2.45) is 5.92 Å². The van der Waals surface area contributed by atoms with Gasteiger partial charge in [-0.15, -0.1) is 0 Å². The molecular formula is C28H28N2O5. The maximum Gasteiger partial charge on any atom is 0.295 e. The van der Waals surface area contributed by atoms with Gasteiger partial charge in [-0.2, -0.15) is 0 Å². The lowest BCUT2D eigenvalue weighted by molar-refractivity contribution is -0.140. The van der Waals surface area contributed by atoms with Gasteiger partial charge in [0.15, 0.2) is 0 Å². The predicted molar refractivity (Wildman–Crippen MR) is 132 cm³/mol. The van der Waals surface area contributed by atoms with E-state index in [2.05, 4.69) is 4.98 Å². The Bertz CT molecular complexity index is 1250. The summed E-state index contributed by atoms with van der Waals surface area (Å²) in [6.45, 7) is 4.79. The number of methoxy groups -OCH3 is 1. The summed E-state index contributed by atoms with van der Waals surface area (Å²) in [5, 5.41) is 11.3. The molecule has 1 N–H and O–H groups in total. The van der Waals surface area contributed by atoms with Crippen molar-refractivity contribution in [2.75, 3.05) is 13.7 Å². The maximum atomic E-state index is 13.3. The molecular weight excluding hydrogens is 444 g/mol. The number of hydrogen-bond acceptors (Lipinski definition) is 6. The van der Waals surface area contributed by atoms with Gasteiger partial charge in [0.1, 0.15) is 17.3 Å². The van der Waals surface area contributed by atoms with Crippen LogP contribution < -0.4 is 9.47 Å². The highest BCUT2D eigenvalue weighted by molar-refractivity contribution is 6.46. The van der Waals surface area contributed by atoms with E-state index in [4.69, 9.17) is 9.47 Å². The summed E-state index contributed by atoms with van der Waals surface area (Å²) in [5.74, 6) is -0.170. The van der Waals surface area contributed by atoms with E-state index in [1.165, 1.54) is 4.90 Å². The molecule has 1 aromatic heterocycles. The molecule has 2 aromatic carbocycles. The molecule has 1 aliphatic heterocycles. The van der Waals surface area contributed by atoms with Crippen molar-refractivity contribution in [3.05, 3.63) is 95.3 Å². The van der Waals surface area contributed by atoms with Crippen LogP contribution in [0.1, 0.15) is 36.6 Å². The van der Waals surface area contributed by atoms with Gasteiger partial charge in [-0.05, 0) is 53.4 Å². The van der Waals surface area contributed by atoms with Crippen LogP contribution in [0.4, 0.5) is 0 Å². The van der Waals surface area contributed by atoms with Crippen LogP contribution in [0.25, 0.3) is 5.76 Å². The fourth-order valence-electron chi connectivity index (χ4n) is 4.04. The number of aromatic nitrogens is 1. The lowest BCUT2D eigenvalue weighted by Crippen LogP contribution is -2.29. The number of Topliss-reactive ketones (excluding diaryl/α,β-unsaturated/α-hetero) is 1. The second kappa shape index (κ2) is 10.4. The number of rotatable bonds is 8. The standard InChI is InChI=1S/C28H28N2O5/c1-18(2)17-35-23-9-5-7-21(15-23)26(31)24-25(20-6-4-8-22(14-20)34-3)30(28(33)27(24)32)16-19-10-12-29-13-11-19/h4-15,18,25,31H,16-17H2,1-3H3/b26-24-. The normalized spacial score (nSPS) is 17.1. The van der Waals surface area contributed by atoms with Gasteiger partial charge in [0.05, 0.1) is 25.3 Å². The molecule has 0 aliphatic carbocycles. The SMILES string of the molecule is COc1cccc(C2/C(=C(/O)c3cccc(OCC(C)C)c3)C(=O)C(=O)N2Cc2ccncc2)c1. The highest BCUT2D eigenvalue weighted by atomic mass is 16.5. The number of pyridine rings is 1. The molecule has 1 amide bonds. The van der Waals surface area contributed by atoms with Gasteiger partial charge in [0, 0.05) is 24.5 Å². The van der Waals surface area contributed by atoms with Crippen LogP contribution in [0, 0.1) is 5.92 Å². The lowest BCUT2D eigenvalue weighted by atomic mass is 9.95. The minimum atomic E-state index is -0.793. The Morgan fingerprint density at radius 2 is 1.74 bits per heavy atom. The third kappa shape index (κ3) is 5.19. The van der Waals surface area contributed by atoms with Gasteiger partial charge >= 0.3 is 0 Å². The first kappa shape index (κ1) is 24.0. The number of carbonyl (C=O) groups excluding carboxylic acids is 2. The zero-order valence-corrected chi connectivity index (χ0v) is 20.0. The molecule has 35 heavy (non-hydrogen) atoms. The molecule has 0 bridgehead atoms. The monoisotopic (exact) mass is 472 g/mol. The van der Waals surface area contributed by atoms with Crippen LogP contribution in [0.15, 0.2) is 78.6 Å². The zero-order valence-electron chi connectivity index (χ0n) is 20.0. The van der Waals surface area contributed by atoms with Crippen LogP contribution in [0.5, 0.6) is 11.5 Å². The molecule has 3 aromatic rings. The Balaban J connectivity index is 1.81. The van der Waals surface area contributed by atoms with Crippen LogP contribution in [0.2, 0.25) is 0 Å². The number of ether oxygens (including phenoxy) is 2. The maximum absolute atomic E-state index is 13.3. The highest BCUT2D eigenvalue weighted by Crippen LogP contribution is 2.41. The molecule has 0 radical (unpaired) electrons. The minimum Gasteiger partial charge on any atom is -0.507 e. The first-order chi connectivity index (χ1) is 16.9. The summed E-state index contributed by atoms with van der Waals surface area (Å²) in [5.41, 5.74) is 1.91. The summed E-state index contributed by atoms with van der Waals surface area (Å²) >= 11 is 0. The third-order valence-corrected chi connectivity index (χ3v) is 5.74. The molecule has 180 valence electrons. The Labute approximate surface area is 204 Å². The van der Waals surface area contributed by atoms with Crippen LogP contribution in [-0.2, 0) is 16.1 Å². The fourth-order valence-corrected chi connectivity index (χ4v) is 4.04. The van der Waals surface area contributed by atoms with Crippen LogP contribution in [0.3, 0.4) is 0 Å². The first-order valence-electron chi connectivity index (χ1n) is 11.4. The molecule has 7 nitrogen and oxygen atoms in total. The van der Waals surface area contributed by atoms with E-state index in [1.54, 1.807) is 74.1 Å². The number of carbonyl (C=O) groups is 2. The Hall–Kier alpha value is -4.13. The van der Waals surface area contributed by atoms with Crippen molar-refractivity contribution in [2.45, 2.75) is 26.4 Å². The molecule has 0 spiro atoms. The van der Waals surface area contributed by atoms with Gasteiger partial charge in [0.2, 0.25) is 0 Å². The Kier molecular flexibility index (Phi) is 7.15. The van der Waals surface area contributed by atoms with Crippen molar-refractivity contribution in [3.63, 3.8) is 0 Å². The summed E-state index contributed by atoms with van der Waals surface area (Å²) in [4.78, 5) is 32.0. The second-order valence-corrected chi connectivity index (χ2v) is 8.79. The fraction of sp³-hybridized carbons (Fsp3) is 0.250. The van der Waals surface area contributed by atoms with E-state index >= 15 is 0 Å². The summed E-state index contributed by atoms with van der Waals surface area (Å²) in [6.07, 6.45) is 3.27. The topological polar surface area (TPSA) is 89.0 Å². The second-order valence-electron chi connectivity index (χ2n) is 8.79. The molecule has 1 aliphatic rings. The largest absolute Gasteiger partial charge is 0.507 e. The molecule has 2 heterocycles.